The van der Waals surface area contributed by atoms with E-state index in [1.165, 1.54) is 32.7 Å². The highest BCUT2D eigenvalue weighted by atomic mass is 32.2. The second-order valence-corrected chi connectivity index (χ2v) is 7.61. The maximum absolute atomic E-state index is 11.8. The molecule has 2 aliphatic rings. The lowest BCUT2D eigenvalue weighted by Crippen LogP contribution is -2.28. The quantitative estimate of drug-likeness (QED) is 0.781. The smallest absolute Gasteiger partial charge is 0.242 e. The lowest BCUT2D eigenvalue weighted by molar-refractivity contribution is 0.588. The van der Waals surface area contributed by atoms with Gasteiger partial charge < -0.3 is 10.6 Å². The minimum Gasteiger partial charge on any atom is -0.398 e. The number of anilines is 2. The van der Waals surface area contributed by atoms with E-state index in [4.69, 9.17) is 5.73 Å². The van der Waals surface area contributed by atoms with Gasteiger partial charge in [0, 0.05) is 18.3 Å². The summed E-state index contributed by atoms with van der Waals surface area (Å²) in [6.07, 6.45) is 5.07. The molecular formula is C14H21N3O2S. The summed E-state index contributed by atoms with van der Waals surface area (Å²) in [4.78, 5) is 2.55. The van der Waals surface area contributed by atoms with Gasteiger partial charge in [-0.25, -0.2) is 13.1 Å². The Kier molecular flexibility index (Phi) is 3.38. The van der Waals surface area contributed by atoms with E-state index in [1.807, 2.05) is 6.07 Å². The Morgan fingerprint density at radius 3 is 2.50 bits per heavy atom. The van der Waals surface area contributed by atoms with Crippen molar-refractivity contribution in [1.82, 2.24) is 4.72 Å². The molecule has 0 aliphatic heterocycles. The van der Waals surface area contributed by atoms with E-state index < -0.39 is 10.0 Å². The summed E-state index contributed by atoms with van der Waals surface area (Å²) in [6.45, 7) is 1.07. The van der Waals surface area contributed by atoms with E-state index in [0.29, 0.717) is 11.7 Å². The molecule has 0 atom stereocenters. The maximum atomic E-state index is 11.8. The van der Waals surface area contributed by atoms with Crippen LogP contribution in [0.1, 0.15) is 25.7 Å². The first-order chi connectivity index (χ1) is 9.51. The van der Waals surface area contributed by atoms with Crippen molar-refractivity contribution in [2.45, 2.75) is 36.6 Å². The Bertz CT molecular complexity index is 607. The summed E-state index contributed by atoms with van der Waals surface area (Å²) in [6, 6.07) is 5.90. The van der Waals surface area contributed by atoms with Crippen LogP contribution in [0, 0.1) is 5.92 Å². The van der Waals surface area contributed by atoms with Crippen molar-refractivity contribution in [3.63, 3.8) is 0 Å². The highest BCUT2D eigenvalue weighted by Gasteiger charge is 2.34. The molecule has 0 bridgehead atoms. The molecule has 2 aliphatic carbocycles. The molecule has 0 unspecified atom stereocenters. The van der Waals surface area contributed by atoms with Crippen LogP contribution in [0.5, 0.6) is 0 Å². The van der Waals surface area contributed by atoms with Crippen LogP contribution in [0.3, 0.4) is 0 Å². The Hall–Kier alpha value is -1.27. The molecule has 0 aromatic heterocycles. The molecule has 3 rings (SSSR count). The second kappa shape index (κ2) is 4.93. The first kappa shape index (κ1) is 13.7. The van der Waals surface area contributed by atoms with Gasteiger partial charge in [-0.05, 0) is 56.8 Å². The summed E-state index contributed by atoms with van der Waals surface area (Å²) in [5.41, 5.74) is 7.31. The van der Waals surface area contributed by atoms with E-state index in [9.17, 15) is 8.42 Å². The molecule has 110 valence electrons. The van der Waals surface area contributed by atoms with Crippen molar-refractivity contribution < 1.29 is 8.42 Å². The molecule has 0 amide bonds. The molecule has 20 heavy (non-hydrogen) atoms. The molecule has 1 aromatic carbocycles. The Morgan fingerprint density at radius 1 is 1.30 bits per heavy atom. The van der Waals surface area contributed by atoms with Gasteiger partial charge in [-0.1, -0.05) is 0 Å². The Labute approximate surface area is 120 Å². The fourth-order valence-corrected chi connectivity index (χ4v) is 3.34. The molecule has 6 heteroatoms. The fourth-order valence-electron chi connectivity index (χ4n) is 2.50. The normalized spacial score (nSPS) is 19.1. The Morgan fingerprint density at radius 2 is 2.00 bits per heavy atom. The molecule has 1 aromatic rings. The topological polar surface area (TPSA) is 75.4 Å². The van der Waals surface area contributed by atoms with Gasteiger partial charge in [0.2, 0.25) is 10.0 Å². The van der Waals surface area contributed by atoms with Crippen LogP contribution in [0.2, 0.25) is 0 Å². The molecule has 0 heterocycles. The highest BCUT2D eigenvalue weighted by molar-refractivity contribution is 7.89. The average molecular weight is 295 g/mol. The van der Waals surface area contributed by atoms with Gasteiger partial charge in [0.05, 0.1) is 5.69 Å². The number of rotatable bonds is 6. The third kappa shape index (κ3) is 2.76. The zero-order valence-electron chi connectivity index (χ0n) is 11.7. The third-order valence-corrected chi connectivity index (χ3v) is 5.51. The van der Waals surface area contributed by atoms with Crippen molar-refractivity contribution in [1.29, 1.82) is 0 Å². The van der Waals surface area contributed by atoms with Crippen LogP contribution in [0.15, 0.2) is 23.1 Å². The van der Waals surface area contributed by atoms with Gasteiger partial charge >= 0.3 is 0 Å². The van der Waals surface area contributed by atoms with Crippen LogP contribution in [-0.4, -0.2) is 28.1 Å². The Balaban J connectivity index is 1.88. The van der Waals surface area contributed by atoms with Crippen LogP contribution < -0.4 is 15.4 Å². The number of nitrogen functional groups attached to an aromatic ring is 1. The maximum Gasteiger partial charge on any atom is 0.242 e. The third-order valence-electron chi connectivity index (χ3n) is 4.02. The van der Waals surface area contributed by atoms with E-state index in [-0.39, 0.29) is 4.90 Å². The van der Waals surface area contributed by atoms with E-state index >= 15 is 0 Å². The molecule has 2 saturated carbocycles. The van der Waals surface area contributed by atoms with Gasteiger partial charge in [-0.3, -0.25) is 0 Å². The van der Waals surface area contributed by atoms with Gasteiger partial charge in [0.1, 0.15) is 4.90 Å². The van der Waals surface area contributed by atoms with Crippen LogP contribution in [0.25, 0.3) is 0 Å². The van der Waals surface area contributed by atoms with Gasteiger partial charge in [-0.15, -0.1) is 0 Å². The zero-order chi connectivity index (χ0) is 14.3. The van der Waals surface area contributed by atoms with Crippen molar-refractivity contribution in [3.05, 3.63) is 18.2 Å². The molecule has 0 spiro atoms. The first-order valence-corrected chi connectivity index (χ1v) is 8.59. The molecule has 0 saturated heterocycles. The number of nitrogens with two attached hydrogens (primary N) is 1. The monoisotopic (exact) mass is 295 g/mol. The predicted molar refractivity (Wildman–Crippen MR) is 80.2 cm³/mol. The van der Waals surface area contributed by atoms with Crippen molar-refractivity contribution in [3.8, 4) is 0 Å². The fraction of sp³-hybridized carbons (Fsp3) is 0.571. The van der Waals surface area contributed by atoms with Crippen LogP contribution >= 0.6 is 0 Å². The largest absolute Gasteiger partial charge is 0.398 e. The van der Waals surface area contributed by atoms with Crippen LogP contribution in [0.4, 0.5) is 11.4 Å². The predicted octanol–water partition coefficient (Wildman–Crippen LogP) is 1.56. The highest BCUT2D eigenvalue weighted by Crippen LogP contribution is 2.38. The summed E-state index contributed by atoms with van der Waals surface area (Å²) in [7, 11) is -2.09. The molecular weight excluding hydrogens is 274 g/mol. The van der Waals surface area contributed by atoms with Crippen molar-refractivity contribution in [2.75, 3.05) is 24.2 Å². The number of hydrogen-bond acceptors (Lipinski definition) is 4. The van der Waals surface area contributed by atoms with Gasteiger partial charge in [0.25, 0.3) is 0 Å². The lowest BCUT2D eigenvalue weighted by atomic mass is 10.2. The lowest BCUT2D eigenvalue weighted by Gasteiger charge is -2.25. The molecule has 0 radical (unpaired) electrons. The zero-order valence-corrected chi connectivity index (χ0v) is 12.5. The van der Waals surface area contributed by atoms with Gasteiger partial charge in [0.15, 0.2) is 0 Å². The minimum atomic E-state index is -3.48. The van der Waals surface area contributed by atoms with Crippen LogP contribution in [-0.2, 0) is 10.0 Å². The summed E-state index contributed by atoms with van der Waals surface area (Å²) >= 11 is 0. The van der Waals surface area contributed by atoms with E-state index in [2.05, 4.69) is 9.62 Å². The second-order valence-electron chi connectivity index (χ2n) is 5.76. The van der Waals surface area contributed by atoms with Crippen molar-refractivity contribution in [2.24, 2.45) is 5.92 Å². The number of nitrogens with zero attached hydrogens (tertiary/aromatic N) is 1. The van der Waals surface area contributed by atoms with Crippen molar-refractivity contribution >= 4 is 21.4 Å². The summed E-state index contributed by atoms with van der Waals surface area (Å²) in [5.74, 6) is 0.803. The van der Waals surface area contributed by atoms with Gasteiger partial charge in [-0.2, -0.15) is 0 Å². The SMILES string of the molecule is CNS(=O)(=O)c1ccc(N(CC2CC2)C2CC2)cc1N. The summed E-state index contributed by atoms with van der Waals surface area (Å²) in [5, 5.41) is 0. The van der Waals surface area contributed by atoms with E-state index in [1.54, 1.807) is 12.1 Å². The molecule has 5 nitrogen and oxygen atoms in total. The number of benzene rings is 1. The molecule has 3 N–H and O–H groups in total. The van der Waals surface area contributed by atoms with E-state index in [0.717, 1.165) is 18.2 Å². The average Bonchev–Trinajstić information content (AvgIpc) is 3.26. The minimum absolute atomic E-state index is 0.158. The number of hydrogen-bond donors (Lipinski definition) is 2. The number of nitrogens with one attached hydrogen (secondary N) is 1. The first-order valence-electron chi connectivity index (χ1n) is 7.11. The molecule has 2 fully saturated rings. The number of sulfonamides is 1. The standard InChI is InChI=1S/C14H21N3O2S/c1-16-20(18,19)14-7-6-12(8-13(14)15)17(11-4-5-11)9-10-2-3-10/h6-8,10-11,16H,2-5,9,15H2,1H3. The summed E-state index contributed by atoms with van der Waals surface area (Å²) < 4.78 is 26.0.